The minimum Gasteiger partial charge on any atom is -0.339 e. The van der Waals surface area contributed by atoms with Crippen LogP contribution in [0.4, 0.5) is 4.39 Å². The van der Waals surface area contributed by atoms with E-state index in [0.29, 0.717) is 17.6 Å². The molecule has 0 amide bonds. The van der Waals surface area contributed by atoms with Crippen molar-refractivity contribution in [3.05, 3.63) is 46.3 Å². The van der Waals surface area contributed by atoms with Gasteiger partial charge in [-0.3, -0.25) is 0 Å². The molecule has 9 heteroatoms. The quantitative estimate of drug-likeness (QED) is 0.745. The molecule has 0 aliphatic heterocycles. The summed E-state index contributed by atoms with van der Waals surface area (Å²) < 4.78 is 45.3. The van der Waals surface area contributed by atoms with E-state index in [4.69, 9.17) is 16.1 Å². The Morgan fingerprint density at radius 2 is 2.17 bits per heavy atom. The van der Waals surface area contributed by atoms with Crippen LogP contribution in [0.1, 0.15) is 43.0 Å². The molecule has 0 saturated heterocycles. The van der Waals surface area contributed by atoms with Gasteiger partial charge in [-0.25, -0.2) is 12.8 Å². The zero-order chi connectivity index (χ0) is 17.3. The first kappa shape index (κ1) is 17.3. The number of aromatic nitrogens is 2. The molecule has 1 aliphatic carbocycles. The third kappa shape index (κ3) is 3.93. The molecule has 1 saturated carbocycles. The van der Waals surface area contributed by atoms with Crippen LogP contribution in [0.25, 0.3) is 0 Å². The number of hydrogen-bond donors (Lipinski definition) is 0. The first-order valence-electron chi connectivity index (χ1n) is 7.63. The van der Waals surface area contributed by atoms with Crippen LogP contribution in [-0.4, -0.2) is 29.4 Å². The predicted molar refractivity (Wildman–Crippen MR) is 86.4 cm³/mol. The molecule has 1 aromatic carbocycles. The van der Waals surface area contributed by atoms with Crippen LogP contribution in [0.15, 0.2) is 22.7 Å². The molecular weight excluding hydrogens is 357 g/mol. The topological polar surface area (TPSA) is 76.3 Å². The van der Waals surface area contributed by atoms with Gasteiger partial charge in [-0.15, -0.1) is 0 Å². The standard InChI is InChI=1S/C15H17ClFN3O3S/c1-2-20(8-14-18-15(23-19-14)10-3-4-10)24(21,22)9-11-5-6-12(16)7-13(11)17/h5-7,10H,2-4,8-9H2,1H3. The minimum atomic E-state index is -3.73. The lowest BCUT2D eigenvalue weighted by Gasteiger charge is -2.19. The summed E-state index contributed by atoms with van der Waals surface area (Å²) in [5.41, 5.74) is 0.0737. The van der Waals surface area contributed by atoms with Gasteiger partial charge in [-0.05, 0) is 25.0 Å². The molecular formula is C15H17ClFN3O3S. The lowest BCUT2D eigenvalue weighted by Crippen LogP contribution is -2.32. The van der Waals surface area contributed by atoms with E-state index in [1.807, 2.05) is 0 Å². The summed E-state index contributed by atoms with van der Waals surface area (Å²) in [4.78, 5) is 4.23. The highest BCUT2D eigenvalue weighted by Crippen LogP contribution is 2.38. The van der Waals surface area contributed by atoms with Gasteiger partial charge in [0.2, 0.25) is 15.9 Å². The van der Waals surface area contributed by atoms with E-state index in [2.05, 4.69) is 10.1 Å². The van der Waals surface area contributed by atoms with Gasteiger partial charge < -0.3 is 4.52 Å². The molecule has 1 fully saturated rings. The molecule has 0 N–H and O–H groups in total. The molecule has 1 aliphatic rings. The SMILES string of the molecule is CCN(Cc1noc(C2CC2)n1)S(=O)(=O)Cc1ccc(Cl)cc1F. The number of hydrogen-bond acceptors (Lipinski definition) is 5. The van der Waals surface area contributed by atoms with Crippen molar-refractivity contribution in [3.8, 4) is 0 Å². The second-order valence-corrected chi connectivity index (χ2v) is 8.15. The van der Waals surface area contributed by atoms with Crippen molar-refractivity contribution in [1.82, 2.24) is 14.4 Å². The molecule has 0 atom stereocenters. The Balaban J connectivity index is 1.74. The van der Waals surface area contributed by atoms with Crippen molar-refractivity contribution in [1.29, 1.82) is 0 Å². The molecule has 1 aromatic heterocycles. The molecule has 2 aromatic rings. The fraction of sp³-hybridized carbons (Fsp3) is 0.467. The number of rotatable bonds is 7. The summed E-state index contributed by atoms with van der Waals surface area (Å²) in [7, 11) is -3.73. The van der Waals surface area contributed by atoms with Gasteiger partial charge in [0, 0.05) is 23.0 Å². The van der Waals surface area contributed by atoms with E-state index in [-0.39, 0.29) is 23.7 Å². The number of halogens is 2. The Hall–Kier alpha value is -1.51. The van der Waals surface area contributed by atoms with Crippen LogP contribution >= 0.6 is 11.6 Å². The largest absolute Gasteiger partial charge is 0.339 e. The number of sulfonamides is 1. The minimum absolute atomic E-state index is 0.00423. The average molecular weight is 374 g/mol. The van der Waals surface area contributed by atoms with E-state index in [9.17, 15) is 12.8 Å². The van der Waals surface area contributed by atoms with E-state index in [0.717, 1.165) is 18.9 Å². The predicted octanol–water partition coefficient (Wildman–Crippen LogP) is 3.09. The fourth-order valence-corrected chi connectivity index (χ4v) is 3.99. The van der Waals surface area contributed by atoms with Gasteiger partial charge in [0.1, 0.15) is 5.82 Å². The van der Waals surface area contributed by atoms with Gasteiger partial charge in [0.05, 0.1) is 12.3 Å². The van der Waals surface area contributed by atoms with Crippen molar-refractivity contribution < 1.29 is 17.3 Å². The molecule has 6 nitrogen and oxygen atoms in total. The second kappa shape index (κ2) is 6.78. The Bertz CT molecular complexity index is 836. The highest BCUT2D eigenvalue weighted by Gasteiger charge is 2.31. The summed E-state index contributed by atoms with van der Waals surface area (Å²) in [6.45, 7) is 1.94. The molecule has 24 heavy (non-hydrogen) atoms. The van der Waals surface area contributed by atoms with Crippen molar-refractivity contribution in [2.45, 2.75) is 38.0 Å². The number of nitrogens with zero attached hydrogens (tertiary/aromatic N) is 3. The average Bonchev–Trinajstić information content (AvgIpc) is 3.27. The van der Waals surface area contributed by atoms with Gasteiger partial charge in [-0.2, -0.15) is 9.29 Å². The van der Waals surface area contributed by atoms with E-state index >= 15 is 0 Å². The van der Waals surface area contributed by atoms with Crippen molar-refractivity contribution >= 4 is 21.6 Å². The Morgan fingerprint density at radius 3 is 2.79 bits per heavy atom. The van der Waals surface area contributed by atoms with Gasteiger partial charge in [0.25, 0.3) is 0 Å². The van der Waals surface area contributed by atoms with Crippen LogP contribution in [0.2, 0.25) is 5.02 Å². The summed E-state index contributed by atoms with van der Waals surface area (Å²) in [6, 6.07) is 3.94. The Labute approximate surface area is 144 Å². The highest BCUT2D eigenvalue weighted by atomic mass is 35.5. The second-order valence-electron chi connectivity index (χ2n) is 5.74. The van der Waals surface area contributed by atoms with Crippen molar-refractivity contribution in [3.63, 3.8) is 0 Å². The van der Waals surface area contributed by atoms with E-state index < -0.39 is 21.6 Å². The Kier molecular flexibility index (Phi) is 4.89. The third-order valence-corrected chi connectivity index (χ3v) is 5.91. The zero-order valence-electron chi connectivity index (χ0n) is 13.1. The monoisotopic (exact) mass is 373 g/mol. The van der Waals surface area contributed by atoms with Crippen LogP contribution < -0.4 is 0 Å². The lowest BCUT2D eigenvalue weighted by molar-refractivity contribution is 0.359. The van der Waals surface area contributed by atoms with Gasteiger partial charge in [-0.1, -0.05) is 29.7 Å². The van der Waals surface area contributed by atoms with E-state index in [1.54, 1.807) is 6.92 Å². The summed E-state index contributed by atoms with van der Waals surface area (Å²) in [6.07, 6.45) is 2.04. The molecule has 0 bridgehead atoms. The van der Waals surface area contributed by atoms with Gasteiger partial charge in [0.15, 0.2) is 5.82 Å². The maximum Gasteiger partial charge on any atom is 0.229 e. The molecule has 130 valence electrons. The number of benzene rings is 1. The first-order chi connectivity index (χ1) is 11.4. The molecule has 0 spiro atoms. The lowest BCUT2D eigenvalue weighted by atomic mass is 10.2. The molecule has 1 heterocycles. The maximum atomic E-state index is 13.9. The van der Waals surface area contributed by atoms with Crippen LogP contribution in [0.5, 0.6) is 0 Å². The smallest absolute Gasteiger partial charge is 0.229 e. The fourth-order valence-electron chi connectivity index (χ4n) is 2.32. The molecule has 0 radical (unpaired) electrons. The van der Waals surface area contributed by atoms with Gasteiger partial charge >= 0.3 is 0 Å². The van der Waals surface area contributed by atoms with E-state index in [1.165, 1.54) is 16.4 Å². The highest BCUT2D eigenvalue weighted by molar-refractivity contribution is 7.88. The van der Waals surface area contributed by atoms with Crippen LogP contribution in [0, 0.1) is 5.82 Å². The third-order valence-electron chi connectivity index (χ3n) is 3.83. The maximum absolute atomic E-state index is 13.9. The first-order valence-corrected chi connectivity index (χ1v) is 9.62. The molecule has 3 rings (SSSR count). The van der Waals surface area contributed by atoms with Crippen molar-refractivity contribution in [2.24, 2.45) is 0 Å². The normalized spacial score (nSPS) is 15.2. The van der Waals surface area contributed by atoms with Crippen LogP contribution in [0.3, 0.4) is 0 Å². The van der Waals surface area contributed by atoms with Crippen LogP contribution in [-0.2, 0) is 22.3 Å². The summed E-state index contributed by atoms with van der Waals surface area (Å²) in [5, 5.41) is 4.05. The van der Waals surface area contributed by atoms with Crippen molar-refractivity contribution in [2.75, 3.05) is 6.54 Å². The molecule has 0 unspecified atom stereocenters. The Morgan fingerprint density at radius 1 is 1.42 bits per heavy atom. The summed E-state index contributed by atoms with van der Waals surface area (Å²) >= 11 is 5.69. The zero-order valence-corrected chi connectivity index (χ0v) is 14.6. The summed E-state index contributed by atoms with van der Waals surface area (Å²) in [5.74, 6) is 0.0943.